The molecule has 0 spiro atoms. The van der Waals surface area contributed by atoms with E-state index in [4.69, 9.17) is 0 Å². The Morgan fingerprint density at radius 1 is 1.07 bits per heavy atom. The average molecular weight is 377 g/mol. The molecule has 4 rings (SSSR count). The Morgan fingerprint density at radius 2 is 1.75 bits per heavy atom. The normalized spacial score (nSPS) is 16.4. The van der Waals surface area contributed by atoms with Crippen LogP contribution in [-0.2, 0) is 14.4 Å². The van der Waals surface area contributed by atoms with E-state index in [1.54, 1.807) is 29.2 Å². The second-order valence-corrected chi connectivity index (χ2v) is 6.75. The zero-order chi connectivity index (χ0) is 19.7. The number of para-hydroxylation sites is 1. The Kier molecular flexibility index (Phi) is 4.52. The molecule has 1 aliphatic heterocycles. The largest absolute Gasteiger partial charge is 0.326 e. The molecule has 8 heteroatoms. The van der Waals surface area contributed by atoms with Gasteiger partial charge in [-0.25, -0.2) is 0 Å². The number of nitrogens with zero attached hydrogens (tertiary/aromatic N) is 2. The number of carbonyl (C=O) groups excluding carboxylic acids is 3. The number of rotatable bonds is 4. The molecule has 3 aromatic rings. The maximum absolute atomic E-state index is 12.6. The molecule has 1 aliphatic rings. The van der Waals surface area contributed by atoms with Crippen LogP contribution in [0, 0.1) is 5.92 Å². The first-order valence-corrected chi connectivity index (χ1v) is 8.93. The van der Waals surface area contributed by atoms with E-state index in [1.165, 1.54) is 6.92 Å². The predicted octanol–water partition coefficient (Wildman–Crippen LogP) is 2.51. The summed E-state index contributed by atoms with van der Waals surface area (Å²) in [5.41, 5.74) is 2.10. The van der Waals surface area contributed by atoms with Crippen LogP contribution in [0.5, 0.6) is 0 Å². The number of aromatic amines is 1. The van der Waals surface area contributed by atoms with Crippen LogP contribution in [0.3, 0.4) is 0 Å². The smallest absolute Gasteiger partial charge is 0.229 e. The van der Waals surface area contributed by atoms with Crippen LogP contribution in [0.25, 0.3) is 10.9 Å². The molecule has 3 N–H and O–H groups in total. The monoisotopic (exact) mass is 377 g/mol. The standard InChI is InChI=1S/C20H19N5O3/c1-12(26)21-14-6-8-15(9-7-14)22-20(28)13-10-18(27)25(11-13)19-16-4-2-3-5-17(16)23-24-19/h2-9,13H,10-11H2,1H3,(H,21,26)(H,22,28)(H,23,24)/t13-/m1/s1. The van der Waals surface area contributed by atoms with Crippen molar-refractivity contribution in [3.8, 4) is 0 Å². The van der Waals surface area contributed by atoms with Crippen LogP contribution in [0.1, 0.15) is 13.3 Å². The summed E-state index contributed by atoms with van der Waals surface area (Å²) >= 11 is 0. The van der Waals surface area contributed by atoms with Gasteiger partial charge < -0.3 is 10.6 Å². The lowest BCUT2D eigenvalue weighted by atomic mass is 10.1. The number of anilines is 3. The van der Waals surface area contributed by atoms with Gasteiger partial charge in [-0.15, -0.1) is 0 Å². The maximum atomic E-state index is 12.6. The van der Waals surface area contributed by atoms with Gasteiger partial charge in [0.05, 0.1) is 11.4 Å². The minimum atomic E-state index is -0.460. The highest BCUT2D eigenvalue weighted by Crippen LogP contribution is 2.30. The highest BCUT2D eigenvalue weighted by molar-refractivity contribution is 6.07. The van der Waals surface area contributed by atoms with E-state index >= 15 is 0 Å². The Labute approximate surface area is 160 Å². The van der Waals surface area contributed by atoms with Crippen LogP contribution in [-0.4, -0.2) is 34.5 Å². The quantitative estimate of drug-likeness (QED) is 0.649. The van der Waals surface area contributed by atoms with Gasteiger partial charge in [0.15, 0.2) is 5.82 Å². The average Bonchev–Trinajstić information content (AvgIpc) is 3.26. The van der Waals surface area contributed by atoms with Crippen LogP contribution in [0.4, 0.5) is 17.2 Å². The number of hydrogen-bond acceptors (Lipinski definition) is 4. The molecule has 3 amide bonds. The molecular formula is C20H19N5O3. The number of aromatic nitrogens is 2. The zero-order valence-corrected chi connectivity index (χ0v) is 15.2. The minimum absolute atomic E-state index is 0.126. The molecule has 0 unspecified atom stereocenters. The van der Waals surface area contributed by atoms with E-state index in [0.29, 0.717) is 17.2 Å². The molecule has 1 aromatic heterocycles. The van der Waals surface area contributed by atoms with E-state index in [1.807, 2.05) is 24.3 Å². The molecule has 1 atom stereocenters. The Hall–Kier alpha value is -3.68. The number of H-pyrrole nitrogens is 1. The third-order valence-corrected chi connectivity index (χ3v) is 4.67. The number of amides is 3. The predicted molar refractivity (Wildman–Crippen MR) is 106 cm³/mol. The highest BCUT2D eigenvalue weighted by Gasteiger charge is 2.36. The number of fused-ring (bicyclic) bond motifs is 1. The van der Waals surface area contributed by atoms with Gasteiger partial charge in [0.1, 0.15) is 0 Å². The van der Waals surface area contributed by atoms with E-state index < -0.39 is 5.92 Å². The lowest BCUT2D eigenvalue weighted by Crippen LogP contribution is -2.28. The van der Waals surface area contributed by atoms with Crippen LogP contribution < -0.4 is 15.5 Å². The molecule has 28 heavy (non-hydrogen) atoms. The summed E-state index contributed by atoms with van der Waals surface area (Å²) in [7, 11) is 0. The third kappa shape index (κ3) is 3.44. The van der Waals surface area contributed by atoms with E-state index in [2.05, 4.69) is 20.8 Å². The summed E-state index contributed by atoms with van der Waals surface area (Å²) in [5, 5.41) is 13.5. The molecule has 0 saturated carbocycles. The SMILES string of the molecule is CC(=O)Nc1ccc(NC(=O)[C@@H]2CC(=O)N(c3n[nH]c4ccccc34)C2)cc1. The number of nitrogens with one attached hydrogen (secondary N) is 3. The molecule has 8 nitrogen and oxygen atoms in total. The van der Waals surface area contributed by atoms with Crippen molar-refractivity contribution in [3.05, 3.63) is 48.5 Å². The van der Waals surface area contributed by atoms with Crippen molar-refractivity contribution in [1.82, 2.24) is 10.2 Å². The molecule has 1 fully saturated rings. The van der Waals surface area contributed by atoms with Gasteiger partial charge in [0.25, 0.3) is 0 Å². The summed E-state index contributed by atoms with van der Waals surface area (Å²) in [5.74, 6) is -0.415. The second kappa shape index (κ2) is 7.15. The van der Waals surface area contributed by atoms with Gasteiger partial charge in [0.2, 0.25) is 17.7 Å². The molecule has 2 aromatic carbocycles. The van der Waals surface area contributed by atoms with E-state index in [0.717, 1.165) is 10.9 Å². The van der Waals surface area contributed by atoms with Gasteiger partial charge in [-0.2, -0.15) is 5.10 Å². The second-order valence-electron chi connectivity index (χ2n) is 6.75. The fourth-order valence-electron chi connectivity index (χ4n) is 3.33. The topological polar surface area (TPSA) is 107 Å². The summed E-state index contributed by atoms with van der Waals surface area (Å²) in [6.45, 7) is 1.71. The van der Waals surface area contributed by atoms with Crippen molar-refractivity contribution < 1.29 is 14.4 Å². The van der Waals surface area contributed by atoms with Crippen molar-refractivity contribution in [2.45, 2.75) is 13.3 Å². The van der Waals surface area contributed by atoms with E-state index in [-0.39, 0.29) is 30.7 Å². The van der Waals surface area contributed by atoms with Crippen molar-refractivity contribution in [2.75, 3.05) is 22.1 Å². The number of hydrogen-bond donors (Lipinski definition) is 3. The molecule has 1 saturated heterocycles. The first kappa shape index (κ1) is 17.7. The van der Waals surface area contributed by atoms with Crippen LogP contribution >= 0.6 is 0 Å². The molecule has 142 valence electrons. The Balaban J connectivity index is 1.45. The van der Waals surface area contributed by atoms with Gasteiger partial charge in [0, 0.05) is 36.7 Å². The van der Waals surface area contributed by atoms with Gasteiger partial charge in [-0.1, -0.05) is 12.1 Å². The maximum Gasteiger partial charge on any atom is 0.229 e. The van der Waals surface area contributed by atoms with Gasteiger partial charge in [-0.3, -0.25) is 24.4 Å². The molecular weight excluding hydrogens is 358 g/mol. The molecule has 2 heterocycles. The lowest BCUT2D eigenvalue weighted by molar-refractivity contribution is -0.122. The van der Waals surface area contributed by atoms with Crippen LogP contribution in [0.2, 0.25) is 0 Å². The summed E-state index contributed by atoms with van der Waals surface area (Å²) < 4.78 is 0. The molecule has 0 aliphatic carbocycles. The van der Waals surface area contributed by atoms with E-state index in [9.17, 15) is 14.4 Å². The fraction of sp³-hybridized carbons (Fsp3) is 0.200. The molecule has 0 bridgehead atoms. The lowest BCUT2D eigenvalue weighted by Gasteiger charge is -2.14. The molecule has 0 radical (unpaired) electrons. The highest BCUT2D eigenvalue weighted by atomic mass is 16.2. The Morgan fingerprint density at radius 3 is 2.46 bits per heavy atom. The fourth-order valence-corrected chi connectivity index (χ4v) is 3.33. The first-order valence-electron chi connectivity index (χ1n) is 8.93. The third-order valence-electron chi connectivity index (χ3n) is 4.67. The summed E-state index contributed by atoms with van der Waals surface area (Å²) in [6, 6.07) is 14.4. The number of carbonyl (C=O) groups is 3. The zero-order valence-electron chi connectivity index (χ0n) is 15.2. The first-order chi connectivity index (χ1) is 13.5. The van der Waals surface area contributed by atoms with Gasteiger partial charge in [-0.05, 0) is 36.4 Å². The van der Waals surface area contributed by atoms with Crippen molar-refractivity contribution >= 4 is 45.8 Å². The minimum Gasteiger partial charge on any atom is -0.326 e. The van der Waals surface area contributed by atoms with Crippen LogP contribution in [0.15, 0.2) is 48.5 Å². The number of benzene rings is 2. The summed E-state index contributed by atoms with van der Waals surface area (Å²) in [6.07, 6.45) is 0.136. The Bertz CT molecular complexity index is 1060. The summed E-state index contributed by atoms with van der Waals surface area (Å²) in [4.78, 5) is 37.7. The van der Waals surface area contributed by atoms with Gasteiger partial charge >= 0.3 is 0 Å². The van der Waals surface area contributed by atoms with Crippen molar-refractivity contribution in [3.63, 3.8) is 0 Å². The van der Waals surface area contributed by atoms with Crippen molar-refractivity contribution in [2.24, 2.45) is 5.92 Å². The van der Waals surface area contributed by atoms with Crippen molar-refractivity contribution in [1.29, 1.82) is 0 Å².